The van der Waals surface area contributed by atoms with Crippen LogP contribution in [0.2, 0.25) is 0 Å². The average Bonchev–Trinajstić information content (AvgIpc) is 2.38. The zero-order valence-electron chi connectivity index (χ0n) is 9.34. The fourth-order valence-electron chi connectivity index (χ4n) is 1.47. The molecule has 4 nitrogen and oxygen atoms in total. The fourth-order valence-corrected chi connectivity index (χ4v) is 1.67. The van der Waals surface area contributed by atoms with Crippen LogP contribution in [0, 0.1) is 0 Å². The van der Waals surface area contributed by atoms with E-state index in [1.165, 1.54) is 12.1 Å². The van der Waals surface area contributed by atoms with Gasteiger partial charge in [-0.05, 0) is 22.9 Å². The maximum Gasteiger partial charge on any atom is 0.412 e. The van der Waals surface area contributed by atoms with Crippen molar-refractivity contribution in [3.05, 3.63) is 42.5 Å². The van der Waals surface area contributed by atoms with E-state index in [9.17, 15) is 18.8 Å². The number of rotatable bonds is 4. The molecule has 0 spiro atoms. The number of benzene rings is 2. The number of carbonyl (C=O) groups is 1. The number of fused-ring (bicyclic) bond motifs is 1. The average molecular weight is 285 g/mol. The third-order valence-corrected chi connectivity index (χ3v) is 2.75. The van der Waals surface area contributed by atoms with E-state index in [2.05, 4.69) is 9.07 Å². The van der Waals surface area contributed by atoms with Crippen molar-refractivity contribution in [1.29, 1.82) is 0 Å². The molecule has 100 valence electrons. The van der Waals surface area contributed by atoms with Crippen LogP contribution in [0.5, 0.6) is 5.75 Å². The smallest absolute Gasteiger partial charge is 0.412 e. The Bertz CT molecular complexity index is 603. The number of ether oxygens (including phenoxy) is 1. The summed E-state index contributed by atoms with van der Waals surface area (Å²) in [6, 6.07) is 11.6. The van der Waals surface area contributed by atoms with E-state index < -0.39 is 23.3 Å². The molecule has 0 amide bonds. The lowest BCUT2D eigenvalue weighted by Gasteiger charge is -2.15. The van der Waals surface area contributed by atoms with Crippen molar-refractivity contribution in [3.63, 3.8) is 0 Å². The molecule has 7 heteroatoms. The number of halogens is 2. The molecule has 0 saturated carbocycles. The second-order valence-electron chi connectivity index (χ2n) is 3.57. The Balaban J connectivity index is 2.19. The van der Waals surface area contributed by atoms with Crippen LogP contribution in [0.15, 0.2) is 42.5 Å². The van der Waals surface area contributed by atoms with Gasteiger partial charge in [-0.3, -0.25) is 0 Å². The summed E-state index contributed by atoms with van der Waals surface area (Å²) >= 11 is -0.799. The molecule has 0 saturated heterocycles. The maximum atomic E-state index is 13.0. The molecule has 0 unspecified atom stereocenters. The van der Waals surface area contributed by atoms with Gasteiger partial charge in [-0.25, -0.2) is 4.79 Å². The van der Waals surface area contributed by atoms with E-state index in [1.54, 1.807) is 18.2 Å². The Labute approximate surface area is 111 Å². The Morgan fingerprint density at radius 3 is 2.53 bits per heavy atom. The lowest BCUT2D eigenvalue weighted by Crippen LogP contribution is -2.30. The van der Waals surface area contributed by atoms with Crippen LogP contribution in [0.4, 0.5) is 8.78 Å². The number of hydrogen-bond acceptors (Lipinski definition) is 5. The highest BCUT2D eigenvalue weighted by atomic mass is 32.2. The molecule has 0 atom stereocenters. The summed E-state index contributed by atoms with van der Waals surface area (Å²) in [6.07, 6.45) is 0. The van der Waals surface area contributed by atoms with Gasteiger partial charge in [0.2, 0.25) is 0 Å². The summed E-state index contributed by atoms with van der Waals surface area (Å²) in [5.74, 6) is -1.89. The topological polar surface area (TPSA) is 58.6 Å². The predicted octanol–water partition coefficient (Wildman–Crippen LogP) is 2.28. The van der Waals surface area contributed by atoms with Crippen molar-refractivity contribution in [2.45, 2.75) is 5.25 Å². The van der Waals surface area contributed by atoms with E-state index >= 15 is 0 Å². The zero-order chi connectivity index (χ0) is 13.9. The van der Waals surface area contributed by atoms with E-state index in [1.807, 2.05) is 12.1 Å². The van der Waals surface area contributed by atoms with Crippen molar-refractivity contribution in [2.75, 3.05) is 0 Å². The van der Waals surface area contributed by atoms with E-state index in [-0.39, 0.29) is 5.75 Å². The minimum Gasteiger partial charge on any atom is -0.710 e. The number of alkyl halides is 2. The van der Waals surface area contributed by atoms with Crippen molar-refractivity contribution < 1.29 is 27.9 Å². The first-order chi connectivity index (χ1) is 9.03. The van der Waals surface area contributed by atoms with Gasteiger partial charge in [0.25, 0.3) is 0 Å². The molecule has 0 fully saturated rings. The molecule has 19 heavy (non-hydrogen) atoms. The normalized spacial score (nSPS) is 11.5. The Hall–Kier alpha value is -1.70. The molecule has 0 aromatic heterocycles. The maximum absolute atomic E-state index is 13.0. The van der Waals surface area contributed by atoms with Gasteiger partial charge in [0.05, 0.1) is 12.0 Å². The van der Waals surface area contributed by atoms with Gasteiger partial charge < -0.3 is 14.3 Å². The molecule has 0 heterocycles. The highest BCUT2D eigenvalue weighted by Crippen LogP contribution is 2.31. The molecular formula is C12H7F2O4S-. The molecule has 2 aromatic carbocycles. The summed E-state index contributed by atoms with van der Waals surface area (Å²) in [4.78, 5) is 11.1. The molecule has 2 rings (SSSR count). The van der Waals surface area contributed by atoms with Gasteiger partial charge in [0.15, 0.2) is 0 Å². The third-order valence-electron chi connectivity index (χ3n) is 2.31. The third kappa shape index (κ3) is 3.19. The Morgan fingerprint density at radius 1 is 1.16 bits per heavy atom. The van der Waals surface area contributed by atoms with Gasteiger partial charge in [-0.2, -0.15) is 8.78 Å². The summed E-state index contributed by atoms with van der Waals surface area (Å²) in [5, 5.41) is 7.22. The summed E-state index contributed by atoms with van der Waals surface area (Å²) in [7, 11) is 0. The highest BCUT2D eigenvalue weighted by Gasteiger charge is 2.42. The van der Waals surface area contributed by atoms with Gasteiger partial charge in [-0.15, -0.1) is 0 Å². The van der Waals surface area contributed by atoms with E-state index in [0.29, 0.717) is 0 Å². The van der Waals surface area contributed by atoms with Crippen LogP contribution in [-0.2, 0) is 9.13 Å². The molecule has 2 aromatic rings. The Kier molecular flexibility index (Phi) is 3.98. The van der Waals surface area contributed by atoms with Crippen molar-refractivity contribution in [1.82, 2.24) is 0 Å². The fraction of sp³-hybridized carbons (Fsp3) is 0.0833. The molecule has 0 N–H and O–H groups in total. The number of carbonyl (C=O) groups excluding carboxylic acids is 1. The largest absolute Gasteiger partial charge is 0.710 e. The van der Waals surface area contributed by atoms with Crippen LogP contribution >= 0.6 is 12.0 Å². The predicted molar refractivity (Wildman–Crippen MR) is 63.2 cm³/mol. The molecule has 0 aliphatic rings. The van der Waals surface area contributed by atoms with Gasteiger partial charge in [-0.1, -0.05) is 30.3 Å². The summed E-state index contributed by atoms with van der Waals surface area (Å²) in [6.45, 7) is 0. The minimum absolute atomic E-state index is 0.0325. The molecule has 0 aliphatic heterocycles. The number of esters is 1. The first-order valence-electron chi connectivity index (χ1n) is 5.09. The van der Waals surface area contributed by atoms with Gasteiger partial charge in [0, 0.05) is 0 Å². The van der Waals surface area contributed by atoms with Crippen LogP contribution in [0.3, 0.4) is 0 Å². The van der Waals surface area contributed by atoms with Crippen LogP contribution in [-0.4, -0.2) is 11.2 Å². The second-order valence-corrected chi connectivity index (χ2v) is 4.38. The molecular weight excluding hydrogens is 278 g/mol. The van der Waals surface area contributed by atoms with Gasteiger partial charge >= 0.3 is 11.2 Å². The van der Waals surface area contributed by atoms with E-state index in [4.69, 9.17) is 0 Å². The molecule has 0 aliphatic carbocycles. The zero-order valence-corrected chi connectivity index (χ0v) is 10.2. The summed E-state index contributed by atoms with van der Waals surface area (Å²) < 4.78 is 33.4. The summed E-state index contributed by atoms with van der Waals surface area (Å²) in [5.41, 5.74) is 0. The molecule has 0 radical (unpaired) electrons. The molecule has 0 bridgehead atoms. The standard InChI is InChI=1S/C12H8F2O4S/c13-12(14,19-18-16)11(15)17-10-6-5-8-3-1-2-4-9(8)7-10/h1-7,16H/p-1. The SMILES string of the molecule is O=C(Oc1ccc2ccccc2c1)C(F)(F)SO[O-]. The lowest BCUT2D eigenvalue weighted by atomic mass is 10.1. The van der Waals surface area contributed by atoms with Crippen LogP contribution in [0.25, 0.3) is 10.8 Å². The van der Waals surface area contributed by atoms with Crippen LogP contribution < -0.4 is 9.99 Å². The monoisotopic (exact) mass is 285 g/mol. The van der Waals surface area contributed by atoms with E-state index in [0.717, 1.165) is 10.8 Å². The van der Waals surface area contributed by atoms with Gasteiger partial charge in [0.1, 0.15) is 5.75 Å². The number of hydrogen-bond donors (Lipinski definition) is 0. The highest BCUT2D eigenvalue weighted by molar-refractivity contribution is 7.96. The Morgan fingerprint density at radius 2 is 1.84 bits per heavy atom. The van der Waals surface area contributed by atoms with Crippen molar-refractivity contribution >= 4 is 28.8 Å². The van der Waals surface area contributed by atoms with Crippen molar-refractivity contribution in [3.8, 4) is 5.75 Å². The lowest BCUT2D eigenvalue weighted by molar-refractivity contribution is -0.630. The second kappa shape index (κ2) is 5.52. The first kappa shape index (κ1) is 13.7. The quantitative estimate of drug-likeness (QED) is 0.283. The van der Waals surface area contributed by atoms with Crippen molar-refractivity contribution in [2.24, 2.45) is 0 Å². The first-order valence-corrected chi connectivity index (χ1v) is 5.83. The van der Waals surface area contributed by atoms with Crippen LogP contribution in [0.1, 0.15) is 0 Å². The minimum atomic E-state index is -4.05.